The Labute approximate surface area is 123 Å². The second-order valence-electron chi connectivity index (χ2n) is 3.31. The predicted molar refractivity (Wildman–Crippen MR) is 73.8 cm³/mol. The van der Waals surface area contributed by atoms with Crippen LogP contribution in [0.1, 0.15) is 16.5 Å². The molecule has 1 aromatic heterocycles. The van der Waals surface area contributed by atoms with Crippen LogP contribution in [0.2, 0.25) is 0 Å². The Kier molecular flexibility index (Phi) is 4.23. The molecule has 0 nitrogen and oxygen atoms in total. The zero-order valence-corrected chi connectivity index (χ0v) is 12.9. The van der Waals surface area contributed by atoms with E-state index < -0.39 is 17.0 Å². The molecule has 0 aliphatic carbocycles. The number of halogens is 5. The van der Waals surface area contributed by atoms with Crippen molar-refractivity contribution < 1.29 is 8.78 Å². The first-order valence-corrected chi connectivity index (χ1v) is 7.36. The van der Waals surface area contributed by atoms with Gasteiger partial charge >= 0.3 is 0 Å². The van der Waals surface area contributed by atoms with E-state index in [0.717, 1.165) is 19.2 Å². The molecule has 1 atom stereocenters. The van der Waals surface area contributed by atoms with E-state index in [1.165, 1.54) is 23.5 Å². The minimum absolute atomic E-state index is 0.263. The Balaban J connectivity index is 2.43. The van der Waals surface area contributed by atoms with Crippen molar-refractivity contribution in [2.45, 2.75) is 5.38 Å². The first-order chi connectivity index (χ1) is 7.99. The zero-order chi connectivity index (χ0) is 12.6. The van der Waals surface area contributed by atoms with Gasteiger partial charge in [0.15, 0.2) is 0 Å². The Hall–Kier alpha value is 0.0300. The van der Waals surface area contributed by atoms with Crippen LogP contribution in [0.4, 0.5) is 8.78 Å². The van der Waals surface area contributed by atoms with Gasteiger partial charge < -0.3 is 0 Å². The van der Waals surface area contributed by atoms with Crippen molar-refractivity contribution in [1.29, 1.82) is 0 Å². The fraction of sp³-hybridized carbons (Fsp3) is 0.0909. The van der Waals surface area contributed by atoms with Gasteiger partial charge in [0.25, 0.3) is 0 Å². The fourth-order valence-electron chi connectivity index (χ4n) is 1.40. The predicted octanol–water partition coefficient (Wildman–Crippen LogP) is 5.88. The van der Waals surface area contributed by atoms with Crippen molar-refractivity contribution in [2.24, 2.45) is 0 Å². The summed E-state index contributed by atoms with van der Waals surface area (Å²) in [6, 6.07) is 5.21. The molecule has 0 saturated heterocycles. The van der Waals surface area contributed by atoms with Gasteiger partial charge in [-0.05, 0) is 44.0 Å². The molecule has 2 rings (SSSR count). The van der Waals surface area contributed by atoms with Crippen LogP contribution < -0.4 is 0 Å². The van der Waals surface area contributed by atoms with Crippen LogP contribution in [0.5, 0.6) is 0 Å². The van der Waals surface area contributed by atoms with Gasteiger partial charge in [0.1, 0.15) is 11.6 Å². The van der Waals surface area contributed by atoms with E-state index in [2.05, 4.69) is 31.9 Å². The maximum Gasteiger partial charge on any atom is 0.131 e. The average Bonchev–Trinajstić information content (AvgIpc) is 2.57. The summed E-state index contributed by atoms with van der Waals surface area (Å²) in [5.41, 5.74) is 1.02. The molecule has 0 spiro atoms. The van der Waals surface area contributed by atoms with E-state index in [1.54, 1.807) is 0 Å². The maximum absolute atomic E-state index is 13.6. The Bertz CT molecular complexity index is 556. The van der Waals surface area contributed by atoms with Gasteiger partial charge in [-0.1, -0.05) is 6.07 Å². The summed E-state index contributed by atoms with van der Waals surface area (Å²) in [7, 11) is 0. The molecular weight excluding hydrogens is 397 g/mol. The summed E-state index contributed by atoms with van der Waals surface area (Å²) in [5, 5.41) is -0.646. The zero-order valence-electron chi connectivity index (χ0n) is 8.18. The molecule has 1 unspecified atom stereocenters. The smallest absolute Gasteiger partial charge is 0.131 e. The summed E-state index contributed by atoms with van der Waals surface area (Å²) in [6.45, 7) is 0. The van der Waals surface area contributed by atoms with Gasteiger partial charge in [-0.25, -0.2) is 8.78 Å². The molecule has 90 valence electrons. The number of hydrogen-bond donors (Lipinski definition) is 0. The van der Waals surface area contributed by atoms with Crippen molar-refractivity contribution >= 4 is 54.8 Å². The monoisotopic (exact) mass is 400 g/mol. The lowest BCUT2D eigenvalue weighted by molar-refractivity contribution is 0.573. The van der Waals surface area contributed by atoms with Gasteiger partial charge in [0.2, 0.25) is 0 Å². The Morgan fingerprint density at radius 1 is 1.12 bits per heavy atom. The van der Waals surface area contributed by atoms with Crippen LogP contribution in [0.15, 0.2) is 31.8 Å². The number of alkyl halides is 1. The van der Waals surface area contributed by atoms with Gasteiger partial charge in [-0.3, -0.25) is 0 Å². The second kappa shape index (κ2) is 5.34. The van der Waals surface area contributed by atoms with Gasteiger partial charge in [0.05, 0.1) is 12.9 Å². The molecule has 0 aliphatic rings. The van der Waals surface area contributed by atoms with Gasteiger partial charge in [-0.15, -0.1) is 22.9 Å². The lowest BCUT2D eigenvalue weighted by Crippen LogP contribution is -1.97. The molecular formula is C11H5Br2ClF2S. The molecule has 1 aromatic carbocycles. The van der Waals surface area contributed by atoms with Crippen molar-refractivity contribution in [3.8, 4) is 0 Å². The van der Waals surface area contributed by atoms with Crippen LogP contribution in [0.3, 0.4) is 0 Å². The van der Waals surface area contributed by atoms with E-state index in [4.69, 9.17) is 11.6 Å². The lowest BCUT2D eigenvalue weighted by Gasteiger charge is -2.10. The van der Waals surface area contributed by atoms with Gasteiger partial charge in [0, 0.05) is 17.2 Å². The molecule has 0 N–H and O–H groups in total. The summed E-state index contributed by atoms with van der Waals surface area (Å²) in [6.07, 6.45) is 0. The Morgan fingerprint density at radius 3 is 2.35 bits per heavy atom. The topological polar surface area (TPSA) is 0 Å². The highest BCUT2D eigenvalue weighted by Crippen LogP contribution is 2.41. The van der Waals surface area contributed by atoms with Crippen LogP contribution >= 0.6 is 54.8 Å². The number of benzene rings is 1. The molecule has 0 aliphatic heterocycles. The molecule has 0 fully saturated rings. The fourth-order valence-corrected chi connectivity index (χ4v) is 4.85. The van der Waals surface area contributed by atoms with Gasteiger partial charge in [-0.2, -0.15) is 0 Å². The molecule has 0 radical (unpaired) electrons. The van der Waals surface area contributed by atoms with E-state index in [1.807, 2.05) is 6.07 Å². The Morgan fingerprint density at radius 2 is 1.82 bits per heavy atom. The molecule has 1 heterocycles. The first-order valence-electron chi connectivity index (χ1n) is 4.53. The standard InChI is InChI=1S/C11H5Br2ClF2S/c12-9-4-7(11(13)17-9)10(14)6-2-1-5(15)3-8(6)16/h1-4,10H. The second-order valence-corrected chi connectivity index (χ2v) is 7.49. The maximum atomic E-state index is 13.6. The molecule has 0 bridgehead atoms. The van der Waals surface area contributed by atoms with Crippen molar-refractivity contribution in [3.05, 3.63) is 54.6 Å². The minimum atomic E-state index is -0.646. The lowest BCUT2D eigenvalue weighted by atomic mass is 10.1. The van der Waals surface area contributed by atoms with E-state index in [-0.39, 0.29) is 5.56 Å². The molecule has 0 amide bonds. The van der Waals surface area contributed by atoms with Crippen LogP contribution in [-0.2, 0) is 0 Å². The average molecular weight is 402 g/mol. The highest BCUT2D eigenvalue weighted by Gasteiger charge is 2.20. The number of hydrogen-bond acceptors (Lipinski definition) is 1. The summed E-state index contributed by atoms with van der Waals surface area (Å²) < 4.78 is 28.1. The summed E-state index contributed by atoms with van der Waals surface area (Å²) in [5.74, 6) is -1.25. The van der Waals surface area contributed by atoms with E-state index >= 15 is 0 Å². The first kappa shape index (κ1) is 13.5. The highest BCUT2D eigenvalue weighted by atomic mass is 79.9. The number of thiophene rings is 1. The van der Waals surface area contributed by atoms with Crippen LogP contribution in [0.25, 0.3) is 0 Å². The van der Waals surface area contributed by atoms with Crippen molar-refractivity contribution in [2.75, 3.05) is 0 Å². The third-order valence-corrected chi connectivity index (χ3v) is 5.05. The number of rotatable bonds is 2. The molecule has 0 saturated carbocycles. The highest BCUT2D eigenvalue weighted by molar-refractivity contribution is 9.12. The quantitative estimate of drug-likeness (QED) is 0.551. The molecule has 17 heavy (non-hydrogen) atoms. The summed E-state index contributed by atoms with van der Waals surface area (Å²) in [4.78, 5) is 0. The third-order valence-electron chi connectivity index (χ3n) is 2.19. The van der Waals surface area contributed by atoms with Crippen molar-refractivity contribution in [3.63, 3.8) is 0 Å². The van der Waals surface area contributed by atoms with Crippen LogP contribution in [0, 0.1) is 11.6 Å². The van der Waals surface area contributed by atoms with Crippen LogP contribution in [-0.4, -0.2) is 0 Å². The molecule has 2 aromatic rings. The molecule has 6 heteroatoms. The SMILES string of the molecule is Fc1ccc(C(Cl)c2cc(Br)sc2Br)c(F)c1. The third kappa shape index (κ3) is 2.89. The summed E-state index contributed by atoms with van der Waals surface area (Å²) >= 11 is 14.3. The largest absolute Gasteiger partial charge is 0.207 e. The normalized spacial score (nSPS) is 12.8. The van der Waals surface area contributed by atoms with Crippen molar-refractivity contribution in [1.82, 2.24) is 0 Å². The van der Waals surface area contributed by atoms with E-state index in [9.17, 15) is 8.78 Å². The van der Waals surface area contributed by atoms with E-state index in [0.29, 0.717) is 0 Å². The minimum Gasteiger partial charge on any atom is -0.207 e.